The number of fused-ring (bicyclic) bond motifs is 2. The highest BCUT2D eigenvalue weighted by molar-refractivity contribution is 7.22. The van der Waals surface area contributed by atoms with Crippen LogP contribution in [0.2, 0.25) is 0 Å². The minimum Gasteiger partial charge on any atom is -0.351 e. The molecule has 0 bridgehead atoms. The molecule has 0 aliphatic rings. The highest BCUT2D eigenvalue weighted by atomic mass is 32.1. The summed E-state index contributed by atoms with van der Waals surface area (Å²) in [7, 11) is 0. The number of rotatable bonds is 8. The fraction of sp³-hybridized carbons (Fsp3) is 0.320. The number of hydrogen-bond donors (Lipinski definition) is 2. The highest BCUT2D eigenvalue weighted by Crippen LogP contribution is 2.30. The molecule has 7 heteroatoms. The lowest BCUT2D eigenvalue weighted by Gasteiger charge is -2.30. The molecule has 0 spiro atoms. The van der Waals surface area contributed by atoms with Crippen molar-refractivity contribution in [2.45, 2.75) is 39.8 Å². The molecule has 6 nitrogen and oxygen atoms in total. The number of carbonyl (C=O) groups excluding carboxylic acids is 1. The van der Waals surface area contributed by atoms with Crippen molar-refractivity contribution in [2.75, 3.05) is 18.4 Å². The Kier molecular flexibility index (Phi) is 6.67. The first-order valence-corrected chi connectivity index (χ1v) is 11.8. The van der Waals surface area contributed by atoms with E-state index >= 15 is 0 Å². The third kappa shape index (κ3) is 4.89. The van der Waals surface area contributed by atoms with E-state index in [-0.39, 0.29) is 5.91 Å². The van der Waals surface area contributed by atoms with E-state index < -0.39 is 0 Å². The maximum atomic E-state index is 12.7. The largest absolute Gasteiger partial charge is 0.351 e. The number of anilines is 2. The van der Waals surface area contributed by atoms with Crippen LogP contribution in [0.5, 0.6) is 0 Å². The van der Waals surface area contributed by atoms with Gasteiger partial charge in [-0.15, -0.1) is 0 Å². The lowest BCUT2D eigenvalue weighted by molar-refractivity contribution is 0.0939. The smallest absolute Gasteiger partial charge is 0.251 e. The maximum Gasteiger partial charge on any atom is 0.251 e. The zero-order valence-corrected chi connectivity index (χ0v) is 19.7. The molecule has 0 aliphatic carbocycles. The molecule has 1 amide bonds. The number of aromatic nitrogens is 2. The monoisotopic (exact) mass is 447 g/mol. The van der Waals surface area contributed by atoms with Crippen molar-refractivity contribution in [3.8, 4) is 0 Å². The lowest BCUT2D eigenvalue weighted by atomic mass is 10.1. The molecule has 32 heavy (non-hydrogen) atoms. The van der Waals surface area contributed by atoms with Gasteiger partial charge in [0.15, 0.2) is 5.13 Å². The van der Waals surface area contributed by atoms with Gasteiger partial charge in [0.1, 0.15) is 5.82 Å². The molecule has 2 aromatic heterocycles. The third-order valence-electron chi connectivity index (χ3n) is 5.53. The second-order valence-corrected chi connectivity index (χ2v) is 9.42. The third-order valence-corrected chi connectivity index (χ3v) is 6.47. The molecule has 2 heterocycles. The Morgan fingerprint density at radius 1 is 1.06 bits per heavy atom. The summed E-state index contributed by atoms with van der Waals surface area (Å²) in [6, 6.07) is 16.6. The molecule has 0 saturated carbocycles. The van der Waals surface area contributed by atoms with Gasteiger partial charge in [0, 0.05) is 42.3 Å². The van der Waals surface area contributed by atoms with Gasteiger partial charge in [0.25, 0.3) is 5.91 Å². The van der Waals surface area contributed by atoms with Gasteiger partial charge in [-0.2, -0.15) is 0 Å². The first-order chi connectivity index (χ1) is 15.4. The topological polar surface area (TPSA) is 70.2 Å². The molecule has 0 fully saturated rings. The van der Waals surface area contributed by atoms with Crippen LogP contribution in [0.4, 0.5) is 10.9 Å². The number of nitrogens with zero attached hydrogens (tertiary/aromatic N) is 3. The van der Waals surface area contributed by atoms with Crippen molar-refractivity contribution in [3.63, 3.8) is 0 Å². The number of thiazole rings is 1. The van der Waals surface area contributed by atoms with Crippen molar-refractivity contribution in [1.29, 1.82) is 0 Å². The molecule has 166 valence electrons. The quantitative estimate of drug-likeness (QED) is 0.377. The molecule has 0 aliphatic heterocycles. The highest BCUT2D eigenvalue weighted by Gasteiger charge is 2.14. The Balaban J connectivity index is 1.46. The van der Waals surface area contributed by atoms with E-state index in [1.165, 1.54) is 11.3 Å². The molecule has 0 radical (unpaired) electrons. The molecule has 2 N–H and O–H groups in total. The van der Waals surface area contributed by atoms with Gasteiger partial charge in [-0.25, -0.2) is 9.97 Å². The minimum atomic E-state index is -0.0574. The Bertz CT molecular complexity index is 1220. The first-order valence-electron chi connectivity index (χ1n) is 11.0. The van der Waals surface area contributed by atoms with Gasteiger partial charge in [-0.1, -0.05) is 35.6 Å². The zero-order valence-electron chi connectivity index (χ0n) is 18.9. The summed E-state index contributed by atoms with van der Waals surface area (Å²) in [5, 5.41) is 9.32. The van der Waals surface area contributed by atoms with Crippen LogP contribution in [-0.4, -0.2) is 45.9 Å². The van der Waals surface area contributed by atoms with Crippen LogP contribution in [0.25, 0.3) is 21.0 Å². The van der Waals surface area contributed by atoms with E-state index in [0.29, 0.717) is 24.2 Å². The van der Waals surface area contributed by atoms with Crippen LogP contribution in [0, 0.1) is 0 Å². The summed E-state index contributed by atoms with van der Waals surface area (Å²) in [6.45, 7) is 10.2. The maximum absolute atomic E-state index is 12.7. The molecule has 0 atom stereocenters. The number of amides is 1. The molecule has 0 saturated heterocycles. The van der Waals surface area contributed by atoms with Gasteiger partial charge < -0.3 is 10.6 Å². The van der Waals surface area contributed by atoms with E-state index in [9.17, 15) is 4.79 Å². The SMILES string of the molecule is CC(C)N(CCNC(=O)c1ccc2nc(Nc3nccc4ccccc34)sc2c1)C(C)C. The number of hydrogen-bond acceptors (Lipinski definition) is 6. The van der Waals surface area contributed by atoms with E-state index in [1.807, 2.05) is 42.5 Å². The molecule has 4 aromatic rings. The first kappa shape index (κ1) is 22.2. The Hall–Kier alpha value is -3.03. The standard InChI is InChI=1S/C25H29N5OS/c1-16(2)30(17(3)4)14-13-27-24(31)19-9-10-21-22(15-19)32-25(28-21)29-23-20-8-6-5-7-18(20)11-12-26-23/h5-12,15-17H,13-14H2,1-4H3,(H,27,31)(H,26,28,29). The molecule has 2 aromatic carbocycles. The summed E-state index contributed by atoms with van der Waals surface area (Å²) in [6.07, 6.45) is 1.79. The van der Waals surface area contributed by atoms with Gasteiger partial charge in [-0.05, 0) is 57.3 Å². The summed E-state index contributed by atoms with van der Waals surface area (Å²) in [5.41, 5.74) is 1.51. The van der Waals surface area contributed by atoms with Crippen molar-refractivity contribution in [2.24, 2.45) is 0 Å². The average Bonchev–Trinajstić information content (AvgIpc) is 3.17. The predicted octanol–water partition coefficient (Wildman–Crippen LogP) is 5.44. The normalized spacial score (nSPS) is 11.7. The van der Waals surface area contributed by atoms with Crippen LogP contribution >= 0.6 is 11.3 Å². The van der Waals surface area contributed by atoms with Crippen LogP contribution in [-0.2, 0) is 0 Å². The fourth-order valence-electron chi connectivity index (χ4n) is 3.95. The fourth-order valence-corrected chi connectivity index (χ4v) is 4.86. The Labute approximate surface area is 192 Å². The molecule has 0 unspecified atom stereocenters. The van der Waals surface area contributed by atoms with Gasteiger partial charge in [0.05, 0.1) is 10.2 Å². The van der Waals surface area contributed by atoms with Gasteiger partial charge >= 0.3 is 0 Å². The minimum absolute atomic E-state index is 0.0574. The van der Waals surface area contributed by atoms with Crippen LogP contribution in [0.15, 0.2) is 54.7 Å². The summed E-state index contributed by atoms with van der Waals surface area (Å²) in [4.78, 5) is 24.2. The van der Waals surface area contributed by atoms with E-state index in [0.717, 1.165) is 38.5 Å². The second kappa shape index (κ2) is 9.63. The number of nitrogens with one attached hydrogen (secondary N) is 2. The van der Waals surface area contributed by atoms with E-state index in [2.05, 4.69) is 59.3 Å². The summed E-state index contributed by atoms with van der Waals surface area (Å²) >= 11 is 1.52. The van der Waals surface area contributed by atoms with Crippen molar-refractivity contribution >= 4 is 49.2 Å². The average molecular weight is 448 g/mol. The molecule has 4 rings (SSSR count). The van der Waals surface area contributed by atoms with E-state index in [4.69, 9.17) is 0 Å². The molecular formula is C25H29N5OS. The van der Waals surface area contributed by atoms with Crippen LogP contribution in [0.3, 0.4) is 0 Å². The van der Waals surface area contributed by atoms with Crippen LogP contribution < -0.4 is 10.6 Å². The number of pyridine rings is 1. The lowest BCUT2D eigenvalue weighted by Crippen LogP contribution is -2.42. The number of carbonyl (C=O) groups is 1. The van der Waals surface area contributed by atoms with E-state index in [1.54, 1.807) is 6.20 Å². The van der Waals surface area contributed by atoms with Crippen molar-refractivity contribution < 1.29 is 4.79 Å². The summed E-state index contributed by atoms with van der Waals surface area (Å²) in [5.74, 6) is 0.720. The van der Waals surface area contributed by atoms with Gasteiger partial charge in [0.2, 0.25) is 0 Å². The molecular weight excluding hydrogens is 418 g/mol. The van der Waals surface area contributed by atoms with Crippen molar-refractivity contribution in [3.05, 3.63) is 60.3 Å². The van der Waals surface area contributed by atoms with Gasteiger partial charge in [-0.3, -0.25) is 9.69 Å². The zero-order chi connectivity index (χ0) is 22.7. The second-order valence-electron chi connectivity index (χ2n) is 8.39. The Morgan fingerprint density at radius 2 is 1.84 bits per heavy atom. The predicted molar refractivity (Wildman–Crippen MR) is 134 cm³/mol. The van der Waals surface area contributed by atoms with Crippen molar-refractivity contribution in [1.82, 2.24) is 20.2 Å². The number of benzene rings is 2. The summed E-state index contributed by atoms with van der Waals surface area (Å²) < 4.78 is 0.964. The van der Waals surface area contributed by atoms with Crippen LogP contribution in [0.1, 0.15) is 38.1 Å². The Morgan fingerprint density at radius 3 is 2.62 bits per heavy atom.